The summed E-state index contributed by atoms with van der Waals surface area (Å²) in [5, 5.41) is 5.16. The Labute approximate surface area is 119 Å². The molecule has 0 saturated heterocycles. The van der Waals surface area contributed by atoms with Crippen LogP contribution in [0.15, 0.2) is 24.3 Å². The van der Waals surface area contributed by atoms with Gasteiger partial charge < -0.3 is 16.4 Å². The van der Waals surface area contributed by atoms with Crippen LogP contribution in [0.5, 0.6) is 0 Å². The molecule has 1 aromatic carbocycles. The first-order chi connectivity index (χ1) is 8.63. The summed E-state index contributed by atoms with van der Waals surface area (Å²) < 4.78 is 0. The average Bonchev–Trinajstić information content (AvgIpc) is 2.38. The summed E-state index contributed by atoms with van der Waals surface area (Å²) in [6.07, 6.45) is 0.781. The van der Waals surface area contributed by atoms with E-state index in [0.29, 0.717) is 6.54 Å². The van der Waals surface area contributed by atoms with Gasteiger partial charge in [-0.15, -0.1) is 12.4 Å². The number of hydrogen-bond donors (Lipinski definition) is 3. The van der Waals surface area contributed by atoms with E-state index in [1.165, 1.54) is 11.1 Å². The van der Waals surface area contributed by atoms with Crippen molar-refractivity contribution in [2.75, 3.05) is 19.6 Å². The number of hydrogen-bond acceptors (Lipinski definition) is 3. The molecule has 0 radical (unpaired) electrons. The van der Waals surface area contributed by atoms with Crippen LogP contribution in [-0.4, -0.2) is 31.4 Å². The number of aryl methyl sites for hydroxylation is 1. The van der Waals surface area contributed by atoms with Gasteiger partial charge in [0, 0.05) is 6.54 Å². The van der Waals surface area contributed by atoms with E-state index >= 15 is 0 Å². The van der Waals surface area contributed by atoms with Gasteiger partial charge in [0.25, 0.3) is 0 Å². The Hall–Kier alpha value is -1.59. The predicted molar refractivity (Wildman–Crippen MR) is 77.2 cm³/mol. The van der Waals surface area contributed by atoms with Crippen LogP contribution >= 0.6 is 12.4 Å². The number of amides is 2. The lowest BCUT2D eigenvalue weighted by molar-refractivity contribution is -0.125. The molecule has 0 fully saturated rings. The Kier molecular flexibility index (Phi) is 8.57. The number of nitrogens with one attached hydrogen (secondary N) is 2. The van der Waals surface area contributed by atoms with Crippen molar-refractivity contribution in [2.24, 2.45) is 5.73 Å². The molecule has 6 heteroatoms. The van der Waals surface area contributed by atoms with Crippen molar-refractivity contribution in [3.8, 4) is 0 Å². The van der Waals surface area contributed by atoms with E-state index in [0.717, 1.165) is 6.42 Å². The molecule has 0 unspecified atom stereocenters. The molecule has 1 aromatic rings. The molecule has 0 aromatic heterocycles. The highest BCUT2D eigenvalue weighted by Gasteiger charge is 2.03. The fourth-order valence-electron chi connectivity index (χ4n) is 1.54. The molecule has 1 rings (SSSR count). The summed E-state index contributed by atoms with van der Waals surface area (Å²) in [6, 6.07) is 8.04. The summed E-state index contributed by atoms with van der Waals surface area (Å²) in [6.45, 7) is 2.47. The van der Waals surface area contributed by atoms with E-state index in [9.17, 15) is 9.59 Å². The summed E-state index contributed by atoms with van der Waals surface area (Å²) in [7, 11) is 0. The van der Waals surface area contributed by atoms with Crippen LogP contribution < -0.4 is 16.4 Å². The minimum absolute atomic E-state index is 0. The number of nitrogens with two attached hydrogens (primary N) is 1. The lowest BCUT2D eigenvalue weighted by Crippen LogP contribution is -2.40. The van der Waals surface area contributed by atoms with Crippen LogP contribution in [0.25, 0.3) is 0 Å². The maximum Gasteiger partial charge on any atom is 0.239 e. The largest absolute Gasteiger partial charge is 0.354 e. The topological polar surface area (TPSA) is 84.2 Å². The molecule has 19 heavy (non-hydrogen) atoms. The van der Waals surface area contributed by atoms with Crippen LogP contribution in [-0.2, 0) is 16.0 Å². The maximum atomic E-state index is 11.4. The number of carbonyl (C=O) groups excluding carboxylic acids is 2. The summed E-state index contributed by atoms with van der Waals surface area (Å²) in [5.74, 6) is -0.533. The van der Waals surface area contributed by atoms with Gasteiger partial charge in [0.15, 0.2) is 0 Å². The SMILES string of the molecule is Cc1ccccc1CCNC(=O)CNC(=O)CN.Cl. The second-order valence-corrected chi connectivity index (χ2v) is 4.01. The predicted octanol–water partition coefficient (Wildman–Crippen LogP) is 0.150. The minimum Gasteiger partial charge on any atom is -0.354 e. The highest BCUT2D eigenvalue weighted by molar-refractivity contribution is 5.85. The summed E-state index contributed by atoms with van der Waals surface area (Å²) >= 11 is 0. The van der Waals surface area contributed by atoms with Gasteiger partial charge in [0.2, 0.25) is 11.8 Å². The van der Waals surface area contributed by atoms with Crippen LogP contribution in [0, 0.1) is 6.92 Å². The number of rotatable bonds is 6. The van der Waals surface area contributed by atoms with Gasteiger partial charge >= 0.3 is 0 Å². The third-order valence-corrected chi connectivity index (χ3v) is 2.61. The van der Waals surface area contributed by atoms with E-state index in [1.54, 1.807) is 0 Å². The fourth-order valence-corrected chi connectivity index (χ4v) is 1.54. The lowest BCUT2D eigenvalue weighted by atomic mass is 10.1. The first-order valence-corrected chi connectivity index (χ1v) is 5.91. The van der Waals surface area contributed by atoms with Crippen molar-refractivity contribution < 1.29 is 9.59 Å². The Morgan fingerprint density at radius 2 is 1.84 bits per heavy atom. The van der Waals surface area contributed by atoms with E-state index in [-0.39, 0.29) is 37.3 Å². The molecule has 5 nitrogen and oxygen atoms in total. The first kappa shape index (κ1) is 17.4. The molecule has 0 spiro atoms. The van der Waals surface area contributed by atoms with Crippen molar-refractivity contribution in [3.05, 3.63) is 35.4 Å². The van der Waals surface area contributed by atoms with Crippen molar-refractivity contribution >= 4 is 24.2 Å². The molecule has 0 heterocycles. The molecule has 0 aliphatic heterocycles. The zero-order valence-corrected chi connectivity index (χ0v) is 11.8. The normalized spacial score (nSPS) is 9.37. The fraction of sp³-hybridized carbons (Fsp3) is 0.385. The molecule has 2 amide bonds. The Morgan fingerprint density at radius 1 is 1.16 bits per heavy atom. The second-order valence-electron chi connectivity index (χ2n) is 4.01. The molecule has 0 atom stereocenters. The molecule has 0 saturated carbocycles. The Morgan fingerprint density at radius 3 is 2.47 bits per heavy atom. The molecular formula is C13H20ClN3O2. The standard InChI is InChI=1S/C13H19N3O2.ClH/c1-10-4-2-3-5-11(10)6-7-15-13(18)9-16-12(17)8-14;/h2-5H,6-9,14H2,1H3,(H,15,18)(H,16,17);1H. The zero-order chi connectivity index (χ0) is 13.4. The highest BCUT2D eigenvalue weighted by atomic mass is 35.5. The van der Waals surface area contributed by atoms with Crippen molar-refractivity contribution in [1.82, 2.24) is 10.6 Å². The highest BCUT2D eigenvalue weighted by Crippen LogP contribution is 2.06. The van der Waals surface area contributed by atoms with E-state index in [4.69, 9.17) is 5.73 Å². The van der Waals surface area contributed by atoms with Crippen molar-refractivity contribution in [3.63, 3.8) is 0 Å². The van der Waals surface area contributed by atoms with E-state index in [1.807, 2.05) is 31.2 Å². The monoisotopic (exact) mass is 285 g/mol. The summed E-state index contributed by atoms with van der Waals surface area (Å²) in [5.41, 5.74) is 7.53. The van der Waals surface area contributed by atoms with Crippen molar-refractivity contribution in [1.29, 1.82) is 0 Å². The van der Waals surface area contributed by atoms with Gasteiger partial charge in [-0.25, -0.2) is 0 Å². The van der Waals surface area contributed by atoms with Gasteiger partial charge in [0.1, 0.15) is 0 Å². The Balaban J connectivity index is 0.00000324. The van der Waals surface area contributed by atoms with Gasteiger partial charge in [-0.3, -0.25) is 9.59 Å². The molecular weight excluding hydrogens is 266 g/mol. The second kappa shape index (κ2) is 9.35. The minimum atomic E-state index is -0.330. The quantitative estimate of drug-likeness (QED) is 0.696. The molecule has 106 valence electrons. The molecule has 0 aliphatic rings. The van der Waals surface area contributed by atoms with Gasteiger partial charge in [-0.2, -0.15) is 0 Å². The third kappa shape index (κ3) is 6.79. The smallest absolute Gasteiger partial charge is 0.239 e. The number of halogens is 1. The van der Waals surface area contributed by atoms with Crippen molar-refractivity contribution in [2.45, 2.75) is 13.3 Å². The van der Waals surface area contributed by atoms with Gasteiger partial charge in [0.05, 0.1) is 13.1 Å². The third-order valence-electron chi connectivity index (χ3n) is 2.61. The van der Waals surface area contributed by atoms with Crippen LogP contribution in [0.4, 0.5) is 0 Å². The maximum absolute atomic E-state index is 11.4. The molecule has 4 N–H and O–H groups in total. The lowest BCUT2D eigenvalue weighted by Gasteiger charge is -2.08. The molecule has 0 bridgehead atoms. The summed E-state index contributed by atoms with van der Waals surface area (Å²) in [4.78, 5) is 22.2. The van der Waals surface area contributed by atoms with Crippen LogP contribution in [0.1, 0.15) is 11.1 Å². The Bertz CT molecular complexity index is 424. The average molecular weight is 286 g/mol. The van der Waals surface area contributed by atoms with Crippen LogP contribution in [0.3, 0.4) is 0 Å². The van der Waals surface area contributed by atoms with Gasteiger partial charge in [-0.1, -0.05) is 24.3 Å². The molecule has 0 aliphatic carbocycles. The first-order valence-electron chi connectivity index (χ1n) is 5.91. The number of carbonyl (C=O) groups is 2. The van der Waals surface area contributed by atoms with E-state index in [2.05, 4.69) is 10.6 Å². The van der Waals surface area contributed by atoms with E-state index < -0.39 is 0 Å². The van der Waals surface area contributed by atoms with Gasteiger partial charge in [-0.05, 0) is 24.5 Å². The van der Waals surface area contributed by atoms with Crippen LogP contribution in [0.2, 0.25) is 0 Å². The zero-order valence-electron chi connectivity index (χ0n) is 10.9. The number of benzene rings is 1.